The lowest BCUT2D eigenvalue weighted by Crippen LogP contribution is -2.16. The standard InChI is InChI=1S/C14H17FN4O2S/c1-3-10(2)16-13-8-9-14(18-17-13)19-22(20,21)12-6-4-11(15)5-7-12/h4-10H,3H2,1-2H3,(H,16,17)(H,18,19). The van der Waals surface area contributed by atoms with Crippen LogP contribution in [0.25, 0.3) is 0 Å². The average molecular weight is 324 g/mol. The highest BCUT2D eigenvalue weighted by Crippen LogP contribution is 2.15. The number of nitrogens with zero attached hydrogens (tertiary/aromatic N) is 2. The lowest BCUT2D eigenvalue weighted by atomic mass is 10.2. The fourth-order valence-corrected chi connectivity index (χ4v) is 2.62. The average Bonchev–Trinajstić information content (AvgIpc) is 2.49. The van der Waals surface area contributed by atoms with Gasteiger partial charge in [-0.25, -0.2) is 12.8 Å². The van der Waals surface area contributed by atoms with Crippen LogP contribution in [0.4, 0.5) is 16.0 Å². The fraction of sp³-hybridized carbons (Fsp3) is 0.286. The van der Waals surface area contributed by atoms with Gasteiger partial charge in [0.25, 0.3) is 10.0 Å². The molecule has 6 nitrogen and oxygen atoms in total. The van der Waals surface area contributed by atoms with E-state index in [-0.39, 0.29) is 16.8 Å². The molecule has 0 aliphatic carbocycles. The third-order valence-corrected chi connectivity index (χ3v) is 4.40. The van der Waals surface area contributed by atoms with Crippen LogP contribution in [0.1, 0.15) is 20.3 Å². The minimum atomic E-state index is -3.81. The zero-order valence-corrected chi connectivity index (χ0v) is 13.1. The summed E-state index contributed by atoms with van der Waals surface area (Å²) in [6.07, 6.45) is 0.931. The van der Waals surface area contributed by atoms with Gasteiger partial charge in [-0.2, -0.15) is 0 Å². The number of rotatable bonds is 6. The Hall–Kier alpha value is -2.22. The molecule has 2 N–H and O–H groups in total. The molecule has 2 aromatic rings. The summed E-state index contributed by atoms with van der Waals surface area (Å²) in [6, 6.07) is 7.93. The van der Waals surface area contributed by atoms with Gasteiger partial charge in [-0.15, -0.1) is 10.2 Å². The van der Waals surface area contributed by atoms with Crippen LogP contribution >= 0.6 is 0 Å². The second-order valence-electron chi connectivity index (χ2n) is 4.82. The summed E-state index contributed by atoms with van der Waals surface area (Å²) in [6.45, 7) is 4.04. The van der Waals surface area contributed by atoms with Gasteiger partial charge in [0.15, 0.2) is 5.82 Å². The van der Waals surface area contributed by atoms with Crippen LogP contribution in [-0.2, 0) is 10.0 Å². The second-order valence-corrected chi connectivity index (χ2v) is 6.50. The number of hydrogen-bond donors (Lipinski definition) is 2. The van der Waals surface area contributed by atoms with E-state index in [1.807, 2.05) is 13.8 Å². The second kappa shape index (κ2) is 6.69. The molecule has 118 valence electrons. The van der Waals surface area contributed by atoms with E-state index in [2.05, 4.69) is 20.2 Å². The van der Waals surface area contributed by atoms with Crippen molar-refractivity contribution < 1.29 is 12.8 Å². The van der Waals surface area contributed by atoms with E-state index in [1.54, 1.807) is 6.07 Å². The van der Waals surface area contributed by atoms with Crippen molar-refractivity contribution in [3.63, 3.8) is 0 Å². The molecule has 0 amide bonds. The zero-order valence-electron chi connectivity index (χ0n) is 12.2. The Labute approximate surface area is 128 Å². The molecule has 0 saturated heterocycles. The molecule has 1 atom stereocenters. The smallest absolute Gasteiger partial charge is 0.263 e. The molecule has 1 aromatic heterocycles. The normalized spacial score (nSPS) is 12.7. The lowest BCUT2D eigenvalue weighted by molar-refractivity contribution is 0.599. The third kappa shape index (κ3) is 4.14. The summed E-state index contributed by atoms with van der Waals surface area (Å²) in [5.41, 5.74) is 0. The van der Waals surface area contributed by atoms with E-state index in [9.17, 15) is 12.8 Å². The van der Waals surface area contributed by atoms with Gasteiger partial charge in [-0.05, 0) is 49.7 Å². The molecule has 1 heterocycles. The number of halogens is 1. The summed E-state index contributed by atoms with van der Waals surface area (Å²) in [5, 5.41) is 10.9. The predicted octanol–water partition coefficient (Wildman–Crippen LogP) is 2.63. The first-order chi connectivity index (χ1) is 10.4. The maximum Gasteiger partial charge on any atom is 0.263 e. The van der Waals surface area contributed by atoms with Crippen LogP contribution < -0.4 is 10.0 Å². The van der Waals surface area contributed by atoms with Gasteiger partial charge in [-0.3, -0.25) is 4.72 Å². The highest BCUT2D eigenvalue weighted by atomic mass is 32.2. The zero-order chi connectivity index (χ0) is 16.2. The van der Waals surface area contributed by atoms with Gasteiger partial charge in [-0.1, -0.05) is 6.92 Å². The van der Waals surface area contributed by atoms with Gasteiger partial charge in [0.1, 0.15) is 11.6 Å². The molecular weight excluding hydrogens is 307 g/mol. The van der Waals surface area contributed by atoms with Crippen LogP contribution in [0.3, 0.4) is 0 Å². The van der Waals surface area contributed by atoms with Crippen LogP contribution in [0.2, 0.25) is 0 Å². The number of hydrogen-bond acceptors (Lipinski definition) is 5. The van der Waals surface area contributed by atoms with Gasteiger partial charge in [0.2, 0.25) is 0 Å². The SMILES string of the molecule is CCC(C)Nc1ccc(NS(=O)(=O)c2ccc(F)cc2)nn1. The largest absolute Gasteiger partial charge is 0.366 e. The van der Waals surface area contributed by atoms with E-state index < -0.39 is 15.8 Å². The maximum absolute atomic E-state index is 12.8. The monoisotopic (exact) mass is 324 g/mol. The van der Waals surface area contributed by atoms with Crippen molar-refractivity contribution in [1.82, 2.24) is 10.2 Å². The first-order valence-corrected chi connectivity index (χ1v) is 8.27. The summed E-state index contributed by atoms with van der Waals surface area (Å²) >= 11 is 0. The number of sulfonamides is 1. The molecule has 0 radical (unpaired) electrons. The molecule has 0 aliphatic heterocycles. The highest BCUT2D eigenvalue weighted by molar-refractivity contribution is 7.92. The Morgan fingerprint density at radius 2 is 1.68 bits per heavy atom. The molecule has 0 spiro atoms. The van der Waals surface area contributed by atoms with E-state index in [4.69, 9.17) is 0 Å². The minimum absolute atomic E-state index is 0.0440. The van der Waals surface area contributed by atoms with Gasteiger partial charge >= 0.3 is 0 Å². The van der Waals surface area contributed by atoms with Crippen LogP contribution in [0, 0.1) is 5.82 Å². The fourth-order valence-electron chi connectivity index (χ4n) is 1.63. The van der Waals surface area contributed by atoms with Crippen molar-refractivity contribution in [2.75, 3.05) is 10.0 Å². The van der Waals surface area contributed by atoms with Gasteiger partial charge in [0, 0.05) is 6.04 Å². The van der Waals surface area contributed by atoms with Gasteiger partial charge in [0.05, 0.1) is 4.90 Å². The first kappa shape index (κ1) is 16.2. The summed E-state index contributed by atoms with van der Waals surface area (Å²) in [4.78, 5) is -0.0440. The molecule has 2 rings (SSSR count). The molecule has 8 heteroatoms. The topological polar surface area (TPSA) is 84.0 Å². The first-order valence-electron chi connectivity index (χ1n) is 6.79. The molecule has 0 aliphatic rings. The van der Waals surface area contributed by atoms with E-state index in [1.165, 1.54) is 18.2 Å². The number of aromatic nitrogens is 2. The van der Waals surface area contributed by atoms with Crippen molar-refractivity contribution >= 4 is 21.7 Å². The van der Waals surface area contributed by atoms with E-state index in [0.29, 0.717) is 5.82 Å². The summed E-state index contributed by atoms with van der Waals surface area (Å²) < 4.78 is 39.3. The Kier molecular flexibility index (Phi) is 4.92. The summed E-state index contributed by atoms with van der Waals surface area (Å²) in [7, 11) is -3.81. The lowest BCUT2D eigenvalue weighted by Gasteiger charge is -2.12. The molecule has 0 fully saturated rings. The van der Waals surface area contributed by atoms with Crippen molar-refractivity contribution in [3.05, 3.63) is 42.2 Å². The van der Waals surface area contributed by atoms with E-state index in [0.717, 1.165) is 18.6 Å². The van der Waals surface area contributed by atoms with Crippen LogP contribution in [0.5, 0.6) is 0 Å². The maximum atomic E-state index is 12.8. The third-order valence-electron chi connectivity index (χ3n) is 3.03. The molecule has 0 bridgehead atoms. The Balaban J connectivity index is 2.11. The number of nitrogens with one attached hydrogen (secondary N) is 2. The molecule has 0 saturated carbocycles. The quantitative estimate of drug-likeness (QED) is 0.853. The minimum Gasteiger partial charge on any atom is -0.366 e. The Morgan fingerprint density at radius 1 is 1.09 bits per heavy atom. The molecular formula is C14H17FN4O2S. The Morgan fingerprint density at radius 3 is 2.23 bits per heavy atom. The summed E-state index contributed by atoms with van der Waals surface area (Å²) in [5.74, 6) is 0.164. The molecule has 1 unspecified atom stereocenters. The molecule has 1 aromatic carbocycles. The van der Waals surface area contributed by atoms with Crippen molar-refractivity contribution in [3.8, 4) is 0 Å². The van der Waals surface area contributed by atoms with Crippen LogP contribution in [-0.4, -0.2) is 24.7 Å². The van der Waals surface area contributed by atoms with E-state index >= 15 is 0 Å². The van der Waals surface area contributed by atoms with Gasteiger partial charge < -0.3 is 5.32 Å². The Bertz CT molecular complexity index is 718. The van der Waals surface area contributed by atoms with Crippen molar-refractivity contribution in [2.45, 2.75) is 31.2 Å². The van der Waals surface area contributed by atoms with Crippen molar-refractivity contribution in [1.29, 1.82) is 0 Å². The molecule has 22 heavy (non-hydrogen) atoms. The number of benzene rings is 1. The van der Waals surface area contributed by atoms with Crippen molar-refractivity contribution in [2.24, 2.45) is 0 Å². The number of anilines is 2. The van der Waals surface area contributed by atoms with Crippen LogP contribution in [0.15, 0.2) is 41.3 Å². The highest BCUT2D eigenvalue weighted by Gasteiger charge is 2.15. The predicted molar refractivity (Wildman–Crippen MR) is 82.6 cm³/mol.